The summed E-state index contributed by atoms with van der Waals surface area (Å²) in [6.45, 7) is 4.16. The third-order valence-corrected chi connectivity index (χ3v) is 5.60. The number of hydrogen-bond donors (Lipinski definition) is 2. The van der Waals surface area contributed by atoms with Crippen LogP contribution in [0.5, 0.6) is 0 Å². The van der Waals surface area contributed by atoms with E-state index in [1.807, 2.05) is 24.3 Å². The maximum absolute atomic E-state index is 12.9. The first-order chi connectivity index (χ1) is 13.2. The van der Waals surface area contributed by atoms with Gasteiger partial charge in [0.1, 0.15) is 0 Å². The average Bonchev–Trinajstić information content (AvgIpc) is 2.74. The SMILES string of the molecule is CC(NC(=O)c1cccc(C2CCNCC2)c1)c1cccc2ccccc12. The largest absolute Gasteiger partial charge is 0.345 e. The number of carbonyl (C=O) groups excluding carboxylic acids is 1. The van der Waals surface area contributed by atoms with Gasteiger partial charge < -0.3 is 10.6 Å². The molecule has 0 saturated carbocycles. The molecule has 3 nitrogen and oxygen atoms in total. The first-order valence-electron chi connectivity index (χ1n) is 9.81. The molecule has 3 heteroatoms. The second-order valence-electron chi connectivity index (χ2n) is 7.41. The lowest BCUT2D eigenvalue weighted by Gasteiger charge is -2.23. The van der Waals surface area contributed by atoms with Crippen LogP contribution in [0.25, 0.3) is 10.8 Å². The fourth-order valence-electron chi connectivity index (χ4n) is 4.07. The summed E-state index contributed by atoms with van der Waals surface area (Å²) in [5.41, 5.74) is 3.18. The van der Waals surface area contributed by atoms with Crippen LogP contribution in [0.15, 0.2) is 66.7 Å². The van der Waals surface area contributed by atoms with Gasteiger partial charge in [0.15, 0.2) is 0 Å². The van der Waals surface area contributed by atoms with E-state index in [-0.39, 0.29) is 11.9 Å². The zero-order chi connectivity index (χ0) is 18.6. The molecule has 0 radical (unpaired) electrons. The van der Waals surface area contributed by atoms with Crippen molar-refractivity contribution in [2.24, 2.45) is 0 Å². The Morgan fingerprint density at radius 1 is 1.00 bits per heavy atom. The van der Waals surface area contributed by atoms with Gasteiger partial charge in [-0.05, 0) is 72.8 Å². The second-order valence-corrected chi connectivity index (χ2v) is 7.41. The van der Waals surface area contributed by atoms with Gasteiger partial charge in [-0.15, -0.1) is 0 Å². The fraction of sp³-hybridized carbons (Fsp3) is 0.292. The number of hydrogen-bond acceptors (Lipinski definition) is 2. The van der Waals surface area contributed by atoms with Crippen LogP contribution in [-0.2, 0) is 0 Å². The highest BCUT2D eigenvalue weighted by Crippen LogP contribution is 2.27. The number of nitrogens with one attached hydrogen (secondary N) is 2. The first-order valence-corrected chi connectivity index (χ1v) is 9.81. The summed E-state index contributed by atoms with van der Waals surface area (Å²) in [6.07, 6.45) is 2.27. The van der Waals surface area contributed by atoms with Gasteiger partial charge in [0.2, 0.25) is 0 Å². The van der Waals surface area contributed by atoms with Crippen LogP contribution in [-0.4, -0.2) is 19.0 Å². The Balaban J connectivity index is 1.53. The Labute approximate surface area is 160 Å². The van der Waals surface area contributed by atoms with E-state index in [0.29, 0.717) is 5.92 Å². The van der Waals surface area contributed by atoms with Crippen LogP contribution in [0.2, 0.25) is 0 Å². The van der Waals surface area contributed by atoms with E-state index in [1.54, 1.807) is 0 Å². The topological polar surface area (TPSA) is 41.1 Å². The lowest BCUT2D eigenvalue weighted by Crippen LogP contribution is -2.28. The lowest BCUT2D eigenvalue weighted by atomic mass is 9.89. The molecule has 1 amide bonds. The van der Waals surface area contributed by atoms with Crippen LogP contribution in [0.3, 0.4) is 0 Å². The van der Waals surface area contributed by atoms with Crippen molar-refractivity contribution in [2.75, 3.05) is 13.1 Å². The standard InChI is InChI=1S/C24H26N2O/c1-17(22-11-5-7-19-6-2-3-10-23(19)22)26-24(27)21-9-4-8-20(16-21)18-12-14-25-15-13-18/h2-11,16-18,25H,12-15H2,1H3,(H,26,27). The monoisotopic (exact) mass is 358 g/mol. The highest BCUT2D eigenvalue weighted by Gasteiger charge is 2.18. The number of benzene rings is 3. The summed E-state index contributed by atoms with van der Waals surface area (Å²) in [5.74, 6) is 0.542. The van der Waals surface area contributed by atoms with Crippen LogP contribution < -0.4 is 10.6 Å². The number of carbonyl (C=O) groups is 1. The minimum atomic E-state index is -0.0499. The van der Waals surface area contributed by atoms with E-state index in [2.05, 4.69) is 60.0 Å². The van der Waals surface area contributed by atoms with Gasteiger partial charge in [0, 0.05) is 5.56 Å². The zero-order valence-corrected chi connectivity index (χ0v) is 15.7. The van der Waals surface area contributed by atoms with Crippen LogP contribution in [0, 0.1) is 0 Å². The molecule has 3 aromatic rings. The molecule has 27 heavy (non-hydrogen) atoms. The minimum Gasteiger partial charge on any atom is -0.345 e. The molecule has 3 aromatic carbocycles. The molecular weight excluding hydrogens is 332 g/mol. The number of piperidine rings is 1. The average molecular weight is 358 g/mol. The van der Waals surface area contributed by atoms with Gasteiger partial charge in [-0.3, -0.25) is 4.79 Å². The van der Waals surface area contributed by atoms with Crippen molar-refractivity contribution >= 4 is 16.7 Å². The van der Waals surface area contributed by atoms with Gasteiger partial charge in [-0.1, -0.05) is 54.6 Å². The van der Waals surface area contributed by atoms with Crippen molar-refractivity contribution in [1.82, 2.24) is 10.6 Å². The Morgan fingerprint density at radius 2 is 1.74 bits per heavy atom. The molecule has 0 aromatic heterocycles. The predicted octanol–water partition coefficient (Wildman–Crippen LogP) is 4.80. The van der Waals surface area contributed by atoms with Crippen LogP contribution in [0.4, 0.5) is 0 Å². The smallest absolute Gasteiger partial charge is 0.251 e. The van der Waals surface area contributed by atoms with Gasteiger partial charge in [0.05, 0.1) is 6.04 Å². The van der Waals surface area contributed by atoms with E-state index in [0.717, 1.165) is 37.1 Å². The normalized spacial score (nSPS) is 16.2. The third-order valence-electron chi connectivity index (χ3n) is 5.60. The number of fused-ring (bicyclic) bond motifs is 1. The molecule has 1 saturated heterocycles. The van der Waals surface area contributed by atoms with E-state index in [1.165, 1.54) is 16.3 Å². The molecule has 138 valence electrons. The molecule has 0 bridgehead atoms. The molecule has 0 spiro atoms. The molecule has 1 fully saturated rings. The van der Waals surface area contributed by atoms with E-state index >= 15 is 0 Å². The summed E-state index contributed by atoms with van der Waals surface area (Å²) in [6, 6.07) is 22.7. The molecule has 1 atom stereocenters. The Morgan fingerprint density at radius 3 is 2.59 bits per heavy atom. The van der Waals surface area contributed by atoms with Gasteiger partial charge in [-0.25, -0.2) is 0 Å². The summed E-state index contributed by atoms with van der Waals surface area (Å²) in [4.78, 5) is 12.9. The van der Waals surface area contributed by atoms with Crippen molar-refractivity contribution in [1.29, 1.82) is 0 Å². The lowest BCUT2D eigenvalue weighted by molar-refractivity contribution is 0.0940. The van der Waals surface area contributed by atoms with Crippen molar-refractivity contribution < 1.29 is 4.79 Å². The molecule has 4 rings (SSSR count). The van der Waals surface area contributed by atoms with Gasteiger partial charge in [0.25, 0.3) is 5.91 Å². The second kappa shape index (κ2) is 7.93. The Hall–Kier alpha value is -2.65. The third kappa shape index (κ3) is 3.88. The molecule has 1 heterocycles. The molecular formula is C24H26N2O. The van der Waals surface area contributed by atoms with E-state index in [4.69, 9.17) is 0 Å². The van der Waals surface area contributed by atoms with Crippen molar-refractivity contribution in [3.8, 4) is 0 Å². The van der Waals surface area contributed by atoms with Crippen LogP contribution in [0.1, 0.15) is 53.2 Å². The Bertz CT molecular complexity index is 939. The zero-order valence-electron chi connectivity index (χ0n) is 15.7. The number of rotatable bonds is 4. The maximum Gasteiger partial charge on any atom is 0.251 e. The van der Waals surface area contributed by atoms with Crippen LogP contribution >= 0.6 is 0 Å². The summed E-state index contributed by atoms with van der Waals surface area (Å²) in [5, 5.41) is 8.97. The summed E-state index contributed by atoms with van der Waals surface area (Å²) < 4.78 is 0. The van der Waals surface area contributed by atoms with Crippen molar-refractivity contribution in [3.05, 3.63) is 83.4 Å². The van der Waals surface area contributed by atoms with Crippen molar-refractivity contribution in [3.63, 3.8) is 0 Å². The first kappa shape index (κ1) is 17.7. The van der Waals surface area contributed by atoms with Gasteiger partial charge in [-0.2, -0.15) is 0 Å². The predicted molar refractivity (Wildman–Crippen MR) is 111 cm³/mol. The summed E-state index contributed by atoms with van der Waals surface area (Å²) in [7, 11) is 0. The minimum absolute atomic E-state index is 0.00813. The molecule has 1 unspecified atom stereocenters. The molecule has 0 aliphatic carbocycles. The summed E-state index contributed by atoms with van der Waals surface area (Å²) >= 11 is 0. The molecule has 2 N–H and O–H groups in total. The molecule has 1 aliphatic heterocycles. The van der Waals surface area contributed by atoms with E-state index < -0.39 is 0 Å². The van der Waals surface area contributed by atoms with E-state index in [9.17, 15) is 4.79 Å². The quantitative estimate of drug-likeness (QED) is 0.703. The fourth-order valence-corrected chi connectivity index (χ4v) is 4.07. The number of amides is 1. The Kier molecular flexibility index (Phi) is 5.21. The molecule has 1 aliphatic rings. The van der Waals surface area contributed by atoms with Crippen molar-refractivity contribution in [2.45, 2.75) is 31.7 Å². The highest BCUT2D eigenvalue weighted by atomic mass is 16.1. The highest BCUT2D eigenvalue weighted by molar-refractivity contribution is 5.95. The van der Waals surface area contributed by atoms with Gasteiger partial charge >= 0.3 is 0 Å². The maximum atomic E-state index is 12.9.